The number of likely N-dealkylation sites (tertiary alicyclic amines) is 3. The van der Waals surface area contributed by atoms with Crippen LogP contribution >= 0.6 is 0 Å². The molecule has 115 heavy (non-hydrogen) atoms. The fourth-order valence-corrected chi connectivity index (χ4v) is 18.5. The molecule has 6 rings (SSSR count). The Hall–Kier alpha value is -6.74. The molecule has 6 N–H and O–H groups in total. The van der Waals surface area contributed by atoms with Gasteiger partial charge in [0, 0.05) is 53.5 Å². The Balaban J connectivity index is 1.05. The molecule has 15 unspecified atom stereocenters. The topological polar surface area (TPSA) is 278 Å². The number of unbranched alkanes of at least 4 members (excludes halogenated alkanes) is 3. The number of ether oxygens (including phenoxy) is 3. The zero-order valence-corrected chi connectivity index (χ0v) is 72.4. The number of hydrogen-bond acceptors (Lipinski definition) is 15. The van der Waals surface area contributed by atoms with Crippen LogP contribution in [0.25, 0.3) is 0 Å². The van der Waals surface area contributed by atoms with Gasteiger partial charge in [-0.2, -0.15) is 13.2 Å². The number of halogens is 3. The molecule has 3 aliphatic heterocycles. The fraction of sp³-hybridized carbons (Fsp3) is 0.764. The lowest BCUT2D eigenvalue weighted by molar-refractivity contribution is -0.161. The summed E-state index contributed by atoms with van der Waals surface area (Å²) in [4.78, 5) is 137. The maximum absolute atomic E-state index is 15.1. The summed E-state index contributed by atoms with van der Waals surface area (Å²) < 4.78 is 63.1. The molecule has 0 aromatic heterocycles. The highest BCUT2D eigenvalue weighted by Gasteiger charge is 2.53. The number of nitrogens with zero attached hydrogens (tertiary/aromatic N) is 5. The molecule has 23 nitrogen and oxygen atoms in total. The molecule has 0 bridgehead atoms. The standard InChI is InChI=1S/C89H145F3N10O13/c1-17-20-49-88(19-3,66-40-30-23-21-22-24-31-41-66)68-55-73(103)102(85(68)110)53-35-26-32-44-72(89(90,91)92)96-75(58(4)5)83(108)95-69(42-36-52-100-50-33-27-34-51-100)82(107)94-67-47-45-64(46-48-67)57-115-87(112)99(14)77(60(8)9)84(109)97-76(59(6)7)86(111)98(13)78(61(10)18-2)71(113-15)56-74(104)101-54-37-43-70(101)80(114-16)62(11)81(106)93-63(12)79(105)65-38-28-25-29-39-65/h25,28-29,38-39,45-48,58-63,66,68-72,75-80,96,105H,17-24,26-27,30-37,40-44,49-57H2,1-16H3,(H,93,106)(H,94,107)(H,95,108)(H,97,109). The molecule has 9 amide bonds. The number of carbonyl (C=O) groups is 9. The van der Waals surface area contributed by atoms with Gasteiger partial charge < -0.3 is 55.3 Å². The van der Waals surface area contributed by atoms with Gasteiger partial charge in [-0.05, 0) is 162 Å². The van der Waals surface area contributed by atoms with Crippen molar-refractivity contribution >= 4 is 59.0 Å². The maximum atomic E-state index is 15.1. The average Bonchev–Trinajstić information content (AvgIpc) is 1.63. The lowest BCUT2D eigenvalue weighted by Crippen LogP contribution is -2.60. The second-order valence-electron chi connectivity index (χ2n) is 34.7. The zero-order chi connectivity index (χ0) is 84.9. The number of nitrogens with one attached hydrogen (secondary N) is 5. The van der Waals surface area contributed by atoms with Gasteiger partial charge in [0.15, 0.2) is 0 Å². The lowest BCUT2D eigenvalue weighted by Gasteiger charge is -2.44. The highest BCUT2D eigenvalue weighted by molar-refractivity contribution is 6.04. The van der Waals surface area contributed by atoms with Crippen molar-refractivity contribution < 1.29 is 75.6 Å². The van der Waals surface area contributed by atoms with Gasteiger partial charge in [-0.3, -0.25) is 53.5 Å². The van der Waals surface area contributed by atoms with E-state index in [-0.39, 0.29) is 86.1 Å². The Labute approximate surface area is 685 Å². The third-order valence-corrected chi connectivity index (χ3v) is 25.6. The largest absolute Gasteiger partial charge is 0.445 e. The summed E-state index contributed by atoms with van der Waals surface area (Å²) in [6, 6.07) is 7.18. The van der Waals surface area contributed by atoms with Gasteiger partial charge in [0.05, 0.1) is 60.7 Å². The van der Waals surface area contributed by atoms with Crippen molar-refractivity contribution in [2.45, 2.75) is 329 Å². The van der Waals surface area contributed by atoms with E-state index < -0.39 is 126 Å². The van der Waals surface area contributed by atoms with Gasteiger partial charge in [0.1, 0.15) is 30.8 Å². The Morgan fingerprint density at radius 1 is 0.643 bits per heavy atom. The van der Waals surface area contributed by atoms with E-state index in [9.17, 15) is 48.3 Å². The van der Waals surface area contributed by atoms with E-state index >= 15 is 13.2 Å². The number of alkyl halides is 3. The summed E-state index contributed by atoms with van der Waals surface area (Å²) in [5.74, 6) is -5.62. The van der Waals surface area contributed by atoms with Crippen molar-refractivity contribution in [1.29, 1.82) is 0 Å². The first-order valence-electron chi connectivity index (χ1n) is 43.6. The summed E-state index contributed by atoms with van der Waals surface area (Å²) in [6.45, 7) is 25.1. The van der Waals surface area contributed by atoms with E-state index in [1.54, 1.807) is 109 Å². The Morgan fingerprint density at radius 3 is 1.86 bits per heavy atom. The zero-order valence-electron chi connectivity index (χ0n) is 72.4. The van der Waals surface area contributed by atoms with Crippen LogP contribution in [0.3, 0.4) is 0 Å². The molecule has 26 heteroatoms. The first-order valence-corrected chi connectivity index (χ1v) is 43.6. The number of aliphatic hydroxyl groups excluding tert-OH is 1. The van der Waals surface area contributed by atoms with Gasteiger partial charge >= 0.3 is 12.3 Å². The number of amides is 9. The third-order valence-electron chi connectivity index (χ3n) is 25.6. The van der Waals surface area contributed by atoms with Crippen LogP contribution in [0.15, 0.2) is 54.6 Å². The monoisotopic (exact) mass is 1620 g/mol. The van der Waals surface area contributed by atoms with Crippen molar-refractivity contribution in [3.8, 4) is 0 Å². The predicted octanol–water partition coefficient (Wildman–Crippen LogP) is 14.1. The van der Waals surface area contributed by atoms with Crippen LogP contribution in [0.4, 0.5) is 23.7 Å². The van der Waals surface area contributed by atoms with Crippen molar-refractivity contribution in [1.82, 2.24) is 45.8 Å². The van der Waals surface area contributed by atoms with E-state index in [0.29, 0.717) is 74.3 Å². The molecule has 0 spiro atoms. The maximum Gasteiger partial charge on any atom is 0.410 e. The minimum Gasteiger partial charge on any atom is -0.445 e. The van der Waals surface area contributed by atoms with Crippen molar-refractivity contribution in [2.75, 3.05) is 66.4 Å². The van der Waals surface area contributed by atoms with Gasteiger partial charge in [0.25, 0.3) is 0 Å². The average molecular weight is 1620 g/mol. The Kier molecular flexibility index (Phi) is 40.3. The van der Waals surface area contributed by atoms with E-state index in [4.69, 9.17) is 14.2 Å². The van der Waals surface area contributed by atoms with Gasteiger partial charge in [0.2, 0.25) is 47.3 Å². The summed E-state index contributed by atoms with van der Waals surface area (Å²) in [7, 11) is 6.10. The summed E-state index contributed by atoms with van der Waals surface area (Å²) in [5, 5.41) is 25.3. The molecule has 4 aliphatic rings. The van der Waals surface area contributed by atoms with Crippen LogP contribution in [0.5, 0.6) is 0 Å². The fourth-order valence-electron chi connectivity index (χ4n) is 18.5. The molecular weight excluding hydrogens is 1470 g/mol. The molecule has 0 radical (unpaired) electrons. The van der Waals surface area contributed by atoms with Gasteiger partial charge in [-0.1, -0.05) is 196 Å². The molecule has 3 saturated heterocycles. The van der Waals surface area contributed by atoms with E-state index in [1.807, 2.05) is 32.0 Å². The number of hydrogen-bond donors (Lipinski definition) is 6. The predicted molar refractivity (Wildman–Crippen MR) is 443 cm³/mol. The molecule has 1 saturated carbocycles. The third kappa shape index (κ3) is 27.7. The van der Waals surface area contributed by atoms with Crippen LogP contribution in [0, 0.1) is 46.8 Å². The number of carbonyl (C=O) groups excluding carboxylic acids is 9. The van der Waals surface area contributed by atoms with Crippen LogP contribution in [0.2, 0.25) is 0 Å². The molecule has 1 aliphatic carbocycles. The van der Waals surface area contributed by atoms with Crippen molar-refractivity contribution in [3.63, 3.8) is 0 Å². The van der Waals surface area contributed by atoms with Crippen LogP contribution in [-0.4, -0.2) is 211 Å². The first-order chi connectivity index (χ1) is 54.7. The summed E-state index contributed by atoms with van der Waals surface area (Å²) >= 11 is 0. The lowest BCUT2D eigenvalue weighted by atomic mass is 9.59. The molecule has 3 heterocycles. The quantitative estimate of drug-likeness (QED) is 0.0266. The Bertz CT molecular complexity index is 3340. The number of anilines is 1. The number of aliphatic hydroxyl groups is 1. The van der Waals surface area contributed by atoms with E-state index in [1.165, 1.54) is 56.8 Å². The van der Waals surface area contributed by atoms with Crippen LogP contribution in [0.1, 0.15) is 267 Å². The number of likely N-dealkylation sites (N-methyl/N-ethyl adjacent to an activating group) is 2. The second kappa shape index (κ2) is 47.7. The molecule has 15 atom stereocenters. The SMILES string of the molecule is CCCCC(CC)(C1CCCCCCCC1)C1CC(=O)N(CCCCCC(NC(C(=O)NC(CCCN2CCCCC2)C(=O)Nc2ccc(COC(=O)N(C)C(C(=O)NC(C(=O)N(C)C(C(C)CC)C(CC(=O)N3CCCC3C(OC)C(C)C(=O)NC(C)C(O)c3ccccc3)OC)C(C)C)C(C)C)cc2)C(C)C)C(F)(F)F)C1=O. The van der Waals surface area contributed by atoms with Crippen LogP contribution < -0.4 is 26.6 Å². The molecule has 2 aromatic carbocycles. The van der Waals surface area contributed by atoms with Crippen molar-refractivity contribution in [2.24, 2.45) is 46.8 Å². The van der Waals surface area contributed by atoms with E-state index in [2.05, 4.69) is 45.3 Å². The minimum absolute atomic E-state index is 0.0965. The smallest absolute Gasteiger partial charge is 0.410 e. The molecule has 650 valence electrons. The van der Waals surface area contributed by atoms with Gasteiger partial charge in [-0.15, -0.1) is 0 Å². The highest BCUT2D eigenvalue weighted by atomic mass is 19.4. The number of methoxy groups -OCH3 is 2. The summed E-state index contributed by atoms with van der Waals surface area (Å²) in [5.41, 5.74) is 1.27. The minimum atomic E-state index is -4.72. The number of rotatable bonds is 45. The number of benzene rings is 2. The molecular formula is C89H145F3N10O13. The highest BCUT2D eigenvalue weighted by Crippen LogP contribution is 2.52. The Morgan fingerprint density at radius 2 is 1.28 bits per heavy atom. The molecule has 2 aromatic rings. The van der Waals surface area contributed by atoms with Crippen molar-refractivity contribution in [3.05, 3.63) is 65.7 Å². The van der Waals surface area contributed by atoms with Gasteiger partial charge in [-0.25, -0.2) is 4.79 Å². The second-order valence-corrected chi connectivity index (χ2v) is 34.7. The summed E-state index contributed by atoms with van der Waals surface area (Å²) in [6.07, 6.45) is 11.3. The first kappa shape index (κ1) is 97.1. The number of imide groups is 1. The number of piperidine rings is 1. The normalized spacial score (nSPS) is 20.6. The van der Waals surface area contributed by atoms with Crippen LogP contribution in [-0.2, 0) is 59.2 Å². The van der Waals surface area contributed by atoms with E-state index in [0.717, 1.165) is 83.7 Å². The molecule has 4 fully saturated rings.